The Morgan fingerprint density at radius 3 is 2.79 bits per heavy atom. The monoisotopic (exact) mass is 391 g/mol. The van der Waals surface area contributed by atoms with E-state index < -0.39 is 16.9 Å². The number of amides is 1. The third kappa shape index (κ3) is 4.24. The number of carbonyl (C=O) groups excluding carboxylic acids is 1. The Bertz CT molecular complexity index is 768. The molecule has 2 N–H and O–H groups in total. The van der Waals surface area contributed by atoms with E-state index >= 15 is 0 Å². The van der Waals surface area contributed by atoms with Crippen molar-refractivity contribution in [3.63, 3.8) is 0 Å². The van der Waals surface area contributed by atoms with Crippen LogP contribution in [-0.2, 0) is 9.59 Å². The highest BCUT2D eigenvalue weighted by molar-refractivity contribution is 5.92. The predicted molar refractivity (Wildman–Crippen MR) is 101 cm³/mol. The average Bonchev–Trinajstić information content (AvgIpc) is 3.05. The van der Waals surface area contributed by atoms with E-state index in [-0.39, 0.29) is 29.7 Å². The number of fused-ring (bicyclic) bond motifs is 1. The first-order valence-corrected chi connectivity index (χ1v) is 9.51. The summed E-state index contributed by atoms with van der Waals surface area (Å²) >= 11 is 0. The molecule has 1 saturated heterocycles. The molecule has 2 fully saturated rings. The van der Waals surface area contributed by atoms with Gasteiger partial charge in [-0.15, -0.1) is 0 Å². The Morgan fingerprint density at radius 1 is 1.36 bits per heavy atom. The van der Waals surface area contributed by atoms with E-state index in [1.54, 1.807) is 0 Å². The van der Waals surface area contributed by atoms with E-state index in [0.717, 1.165) is 25.7 Å². The highest BCUT2D eigenvalue weighted by Gasteiger charge is 2.44. The fourth-order valence-corrected chi connectivity index (χ4v) is 4.47. The first-order valence-electron chi connectivity index (χ1n) is 9.51. The highest BCUT2D eigenvalue weighted by Crippen LogP contribution is 2.39. The van der Waals surface area contributed by atoms with Crippen molar-refractivity contribution in [3.8, 4) is 5.75 Å². The highest BCUT2D eigenvalue weighted by atomic mass is 16.6. The summed E-state index contributed by atoms with van der Waals surface area (Å²) in [5, 5.41) is 23.2. The minimum atomic E-state index is -0.838. The van der Waals surface area contributed by atoms with Crippen molar-refractivity contribution in [3.05, 3.63) is 28.3 Å². The number of non-ortho nitro benzene ring substituents is 1. The van der Waals surface area contributed by atoms with Gasteiger partial charge in [-0.2, -0.15) is 0 Å². The number of rotatable bonds is 7. The zero-order valence-corrected chi connectivity index (χ0v) is 15.8. The zero-order chi connectivity index (χ0) is 20.3. The van der Waals surface area contributed by atoms with E-state index in [2.05, 4.69) is 5.32 Å². The molecule has 0 spiro atoms. The molecule has 9 nitrogen and oxygen atoms in total. The summed E-state index contributed by atoms with van der Waals surface area (Å²) in [6.45, 7) is 0.348. The summed E-state index contributed by atoms with van der Waals surface area (Å²) in [5.41, 5.74) is 0.0834. The molecule has 3 atom stereocenters. The van der Waals surface area contributed by atoms with Gasteiger partial charge in [0.2, 0.25) is 5.91 Å². The number of nitro benzene ring substituents is 1. The van der Waals surface area contributed by atoms with E-state index in [9.17, 15) is 24.8 Å². The number of methoxy groups -OCH3 is 1. The molecule has 1 saturated carbocycles. The largest absolute Gasteiger partial charge is 0.495 e. The molecule has 9 heteroatoms. The van der Waals surface area contributed by atoms with Crippen molar-refractivity contribution < 1.29 is 24.4 Å². The second-order valence-corrected chi connectivity index (χ2v) is 7.38. The lowest BCUT2D eigenvalue weighted by Gasteiger charge is -2.32. The number of hydrogen-bond acceptors (Lipinski definition) is 6. The molecule has 0 bridgehead atoms. The number of aliphatic carboxylic acids is 1. The van der Waals surface area contributed by atoms with Crippen LogP contribution < -0.4 is 10.1 Å². The molecule has 0 radical (unpaired) electrons. The van der Waals surface area contributed by atoms with Gasteiger partial charge in [0.1, 0.15) is 11.8 Å². The molecule has 1 aromatic carbocycles. The van der Waals surface area contributed by atoms with Gasteiger partial charge in [0.15, 0.2) is 0 Å². The van der Waals surface area contributed by atoms with Crippen LogP contribution >= 0.6 is 0 Å². The fourth-order valence-electron chi connectivity index (χ4n) is 4.47. The average molecular weight is 391 g/mol. The van der Waals surface area contributed by atoms with Crippen molar-refractivity contribution in [2.75, 3.05) is 19.0 Å². The lowest BCUT2D eigenvalue weighted by Crippen LogP contribution is -2.43. The van der Waals surface area contributed by atoms with E-state index in [1.807, 2.05) is 4.90 Å². The standard InChI is InChI=1S/C19H25N3O6/c1-28-17-7-6-13(22(26)27)11-14(17)20-18(23)8-9-21-15-5-3-2-4-12(15)10-16(21)19(24)25/h6-7,11-12,15-16H,2-5,8-10H2,1H3,(H,20,23)(H,24,25). The Balaban J connectivity index is 1.65. The number of nitrogens with one attached hydrogen (secondary N) is 1. The Labute approximate surface area is 162 Å². The molecule has 2 aliphatic rings. The summed E-state index contributed by atoms with van der Waals surface area (Å²) in [5.74, 6) is -0.456. The molecule has 1 aliphatic carbocycles. The number of carboxylic acid groups (broad SMARTS) is 1. The number of carboxylic acids is 1. The number of hydrogen-bond donors (Lipinski definition) is 2. The number of nitrogens with zero attached hydrogens (tertiary/aromatic N) is 2. The second kappa shape index (κ2) is 8.55. The molecule has 152 valence electrons. The third-order valence-electron chi connectivity index (χ3n) is 5.77. The minimum Gasteiger partial charge on any atom is -0.495 e. The maximum absolute atomic E-state index is 12.4. The van der Waals surface area contributed by atoms with Gasteiger partial charge in [-0.25, -0.2) is 0 Å². The summed E-state index contributed by atoms with van der Waals surface area (Å²) in [6.07, 6.45) is 4.98. The maximum atomic E-state index is 12.4. The van der Waals surface area contributed by atoms with Crippen molar-refractivity contribution in [1.29, 1.82) is 0 Å². The van der Waals surface area contributed by atoms with Crippen LogP contribution in [0.2, 0.25) is 0 Å². The summed E-state index contributed by atoms with van der Waals surface area (Å²) < 4.78 is 5.15. The number of likely N-dealkylation sites (tertiary alicyclic amines) is 1. The van der Waals surface area contributed by atoms with Crippen LogP contribution in [0.1, 0.15) is 38.5 Å². The van der Waals surface area contributed by atoms with Crippen LogP contribution in [0.25, 0.3) is 0 Å². The first-order chi connectivity index (χ1) is 13.4. The number of anilines is 1. The van der Waals surface area contributed by atoms with Crippen LogP contribution in [0, 0.1) is 16.0 Å². The van der Waals surface area contributed by atoms with Crippen LogP contribution in [-0.4, -0.2) is 52.5 Å². The minimum absolute atomic E-state index is 0.110. The van der Waals surface area contributed by atoms with Crippen LogP contribution in [0.5, 0.6) is 5.75 Å². The number of nitro groups is 1. The smallest absolute Gasteiger partial charge is 0.320 e. The topological polar surface area (TPSA) is 122 Å². The molecule has 28 heavy (non-hydrogen) atoms. The van der Waals surface area contributed by atoms with Crippen LogP contribution in [0.4, 0.5) is 11.4 Å². The maximum Gasteiger partial charge on any atom is 0.320 e. The van der Waals surface area contributed by atoms with Gasteiger partial charge < -0.3 is 15.2 Å². The Kier molecular flexibility index (Phi) is 6.13. The van der Waals surface area contributed by atoms with Gasteiger partial charge in [0.25, 0.3) is 5.69 Å². The van der Waals surface area contributed by atoms with Gasteiger partial charge >= 0.3 is 5.97 Å². The molecule has 1 aliphatic heterocycles. The fraction of sp³-hybridized carbons (Fsp3) is 0.579. The molecule has 1 aromatic rings. The molecule has 0 aromatic heterocycles. The van der Waals surface area contributed by atoms with Crippen molar-refractivity contribution in [1.82, 2.24) is 4.90 Å². The molecular formula is C19H25N3O6. The van der Waals surface area contributed by atoms with E-state index in [0.29, 0.717) is 24.6 Å². The second-order valence-electron chi connectivity index (χ2n) is 7.38. The lowest BCUT2D eigenvalue weighted by atomic mass is 9.85. The summed E-state index contributed by atoms with van der Waals surface area (Å²) in [4.78, 5) is 36.5. The first kappa shape index (κ1) is 20.1. The van der Waals surface area contributed by atoms with Crippen LogP contribution in [0.15, 0.2) is 18.2 Å². The number of carbonyl (C=O) groups is 2. The normalized spacial score (nSPS) is 24.4. The molecule has 1 heterocycles. The van der Waals surface area contributed by atoms with Crippen molar-refractivity contribution in [2.45, 2.75) is 50.6 Å². The molecular weight excluding hydrogens is 366 g/mol. The number of ether oxygens (including phenoxy) is 1. The lowest BCUT2D eigenvalue weighted by molar-refractivity contribution is -0.384. The van der Waals surface area contributed by atoms with Crippen molar-refractivity contribution >= 4 is 23.3 Å². The van der Waals surface area contributed by atoms with Crippen LogP contribution in [0.3, 0.4) is 0 Å². The van der Waals surface area contributed by atoms with Gasteiger partial charge in [-0.1, -0.05) is 12.8 Å². The zero-order valence-electron chi connectivity index (χ0n) is 15.8. The number of benzene rings is 1. The third-order valence-corrected chi connectivity index (χ3v) is 5.77. The van der Waals surface area contributed by atoms with Gasteiger partial charge in [-0.3, -0.25) is 24.6 Å². The molecule has 1 amide bonds. The predicted octanol–water partition coefficient (Wildman–Crippen LogP) is 2.65. The van der Waals surface area contributed by atoms with Gasteiger partial charge in [-0.05, 0) is 31.2 Å². The molecule has 3 rings (SSSR count). The molecule has 3 unspecified atom stereocenters. The van der Waals surface area contributed by atoms with Gasteiger partial charge in [0, 0.05) is 31.1 Å². The quantitative estimate of drug-likeness (QED) is 0.541. The SMILES string of the molecule is COc1ccc([N+](=O)[O-])cc1NC(=O)CCN1C(C(=O)O)CC2CCCCC21. The van der Waals surface area contributed by atoms with Gasteiger partial charge in [0.05, 0.1) is 17.7 Å². The Hall–Kier alpha value is -2.68. The van der Waals surface area contributed by atoms with E-state index in [1.165, 1.54) is 25.3 Å². The van der Waals surface area contributed by atoms with Crippen molar-refractivity contribution in [2.24, 2.45) is 5.92 Å². The Morgan fingerprint density at radius 2 is 2.11 bits per heavy atom. The van der Waals surface area contributed by atoms with E-state index in [4.69, 9.17) is 4.74 Å². The summed E-state index contributed by atoms with van der Waals surface area (Å²) in [7, 11) is 1.42. The summed E-state index contributed by atoms with van der Waals surface area (Å²) in [6, 6.07) is 3.66.